The summed E-state index contributed by atoms with van der Waals surface area (Å²) < 4.78 is 0. The molecule has 0 heterocycles. The molecule has 1 N–H and O–H groups in total. The maximum Gasteiger partial charge on any atom is 0.0465 e. The quantitative estimate of drug-likeness (QED) is 0.440. The summed E-state index contributed by atoms with van der Waals surface area (Å²) >= 11 is 0. The number of aliphatic hydroxyl groups is 1. The Bertz CT molecular complexity index is 84.6. The number of rotatable bonds is 5. The first-order valence-corrected chi connectivity index (χ1v) is 3.28. The molecular formula is C8H14O. The number of aliphatic hydroxyl groups excluding tert-OH is 1. The second kappa shape index (κ2) is 7.44. The zero-order chi connectivity index (χ0) is 6.95. The average Bonchev–Trinajstić information content (AvgIpc) is 1.89. The summed E-state index contributed by atoms with van der Waals surface area (Å²) in [4.78, 5) is 0. The van der Waals surface area contributed by atoms with Gasteiger partial charge in [0, 0.05) is 6.61 Å². The minimum Gasteiger partial charge on any atom is -0.396 e. The van der Waals surface area contributed by atoms with Crippen molar-refractivity contribution in [1.29, 1.82) is 0 Å². The molecule has 1 nitrogen and oxygen atoms in total. The van der Waals surface area contributed by atoms with E-state index in [0.717, 1.165) is 19.3 Å². The van der Waals surface area contributed by atoms with Gasteiger partial charge in [-0.3, -0.25) is 0 Å². The first kappa shape index (κ1) is 8.44. The molecule has 0 fully saturated rings. The molecule has 52 valence electrons. The largest absolute Gasteiger partial charge is 0.396 e. The Kier molecular flexibility index (Phi) is 6.98. The summed E-state index contributed by atoms with van der Waals surface area (Å²) in [6.07, 6.45) is 8.80. The fourth-order valence-electron chi connectivity index (χ4n) is 0.524. The molecule has 0 radical (unpaired) electrons. The van der Waals surface area contributed by atoms with Crippen molar-refractivity contribution < 1.29 is 5.11 Å². The Balaban J connectivity index is 2.94. The standard InChI is InChI=1S/C8H14O/c1-2-3-4-5-6-7-8-9/h2,5-6,9H,1,3-4,7-8H2. The number of hydrogen-bond acceptors (Lipinski definition) is 1. The highest BCUT2D eigenvalue weighted by atomic mass is 16.2. The van der Waals surface area contributed by atoms with E-state index in [9.17, 15) is 0 Å². The van der Waals surface area contributed by atoms with Gasteiger partial charge in [-0.25, -0.2) is 0 Å². The van der Waals surface area contributed by atoms with Crippen molar-refractivity contribution in [2.45, 2.75) is 19.3 Å². The van der Waals surface area contributed by atoms with Crippen LogP contribution in [0, 0.1) is 0 Å². The molecule has 0 spiro atoms. The zero-order valence-electron chi connectivity index (χ0n) is 5.71. The van der Waals surface area contributed by atoms with Crippen LogP contribution in [-0.2, 0) is 0 Å². The molecule has 0 bridgehead atoms. The van der Waals surface area contributed by atoms with Gasteiger partial charge in [-0.2, -0.15) is 0 Å². The minimum atomic E-state index is 0.255. The molecule has 1 heteroatoms. The Morgan fingerprint density at radius 1 is 1.11 bits per heavy atom. The van der Waals surface area contributed by atoms with Crippen molar-refractivity contribution in [3.05, 3.63) is 24.8 Å². The van der Waals surface area contributed by atoms with Gasteiger partial charge in [-0.1, -0.05) is 18.2 Å². The monoisotopic (exact) mass is 126 g/mol. The maximum absolute atomic E-state index is 8.35. The van der Waals surface area contributed by atoms with Crippen LogP contribution in [-0.4, -0.2) is 11.7 Å². The Hall–Kier alpha value is -0.560. The van der Waals surface area contributed by atoms with Crippen LogP contribution in [0.25, 0.3) is 0 Å². The summed E-state index contributed by atoms with van der Waals surface area (Å²) in [5.41, 5.74) is 0. The predicted octanol–water partition coefficient (Wildman–Crippen LogP) is 1.89. The van der Waals surface area contributed by atoms with Gasteiger partial charge in [0.15, 0.2) is 0 Å². The summed E-state index contributed by atoms with van der Waals surface area (Å²) in [7, 11) is 0. The van der Waals surface area contributed by atoms with Crippen LogP contribution in [0.15, 0.2) is 24.8 Å². The predicted molar refractivity (Wildman–Crippen MR) is 40.3 cm³/mol. The SMILES string of the molecule is C=CCCC=CCCO. The van der Waals surface area contributed by atoms with Crippen molar-refractivity contribution in [1.82, 2.24) is 0 Å². The molecule has 0 unspecified atom stereocenters. The lowest BCUT2D eigenvalue weighted by Crippen LogP contribution is -1.74. The summed E-state index contributed by atoms with van der Waals surface area (Å²) in [5.74, 6) is 0. The van der Waals surface area contributed by atoms with E-state index in [0.29, 0.717) is 0 Å². The summed E-state index contributed by atoms with van der Waals surface area (Å²) in [6, 6.07) is 0. The number of unbranched alkanes of at least 4 members (excludes halogenated alkanes) is 1. The van der Waals surface area contributed by atoms with E-state index < -0.39 is 0 Å². The lowest BCUT2D eigenvalue weighted by atomic mass is 10.3. The fraction of sp³-hybridized carbons (Fsp3) is 0.500. The van der Waals surface area contributed by atoms with Gasteiger partial charge < -0.3 is 5.11 Å². The van der Waals surface area contributed by atoms with E-state index in [2.05, 4.69) is 12.7 Å². The lowest BCUT2D eigenvalue weighted by molar-refractivity contribution is 0.302. The second-order valence-electron chi connectivity index (χ2n) is 1.85. The molecule has 0 aliphatic heterocycles. The van der Waals surface area contributed by atoms with Gasteiger partial charge in [0.1, 0.15) is 0 Å². The van der Waals surface area contributed by atoms with Crippen LogP contribution in [0.1, 0.15) is 19.3 Å². The van der Waals surface area contributed by atoms with Crippen LogP contribution in [0.3, 0.4) is 0 Å². The second-order valence-corrected chi connectivity index (χ2v) is 1.85. The molecule has 0 aliphatic carbocycles. The molecular weight excluding hydrogens is 112 g/mol. The van der Waals surface area contributed by atoms with Gasteiger partial charge in [0.25, 0.3) is 0 Å². The van der Waals surface area contributed by atoms with Crippen LogP contribution < -0.4 is 0 Å². The molecule has 0 amide bonds. The number of allylic oxidation sites excluding steroid dienone is 2. The highest BCUT2D eigenvalue weighted by Crippen LogP contribution is 1.91. The molecule has 0 rings (SSSR count). The topological polar surface area (TPSA) is 20.2 Å². The fourth-order valence-corrected chi connectivity index (χ4v) is 0.524. The van der Waals surface area contributed by atoms with Crippen molar-refractivity contribution in [3.63, 3.8) is 0 Å². The van der Waals surface area contributed by atoms with Crippen molar-refractivity contribution >= 4 is 0 Å². The smallest absolute Gasteiger partial charge is 0.0465 e. The van der Waals surface area contributed by atoms with Gasteiger partial charge in [0.2, 0.25) is 0 Å². The molecule has 9 heavy (non-hydrogen) atoms. The van der Waals surface area contributed by atoms with E-state index in [4.69, 9.17) is 5.11 Å². The molecule has 0 aliphatic rings. The molecule has 0 aromatic carbocycles. The van der Waals surface area contributed by atoms with Gasteiger partial charge in [-0.05, 0) is 19.3 Å². The van der Waals surface area contributed by atoms with E-state index in [1.165, 1.54) is 0 Å². The highest BCUT2D eigenvalue weighted by Gasteiger charge is 1.74. The Labute approximate surface area is 56.7 Å². The van der Waals surface area contributed by atoms with Gasteiger partial charge in [-0.15, -0.1) is 6.58 Å². The Morgan fingerprint density at radius 3 is 2.33 bits per heavy atom. The van der Waals surface area contributed by atoms with Crippen LogP contribution >= 0.6 is 0 Å². The molecule has 0 aromatic rings. The first-order chi connectivity index (χ1) is 4.41. The van der Waals surface area contributed by atoms with Crippen LogP contribution in [0.4, 0.5) is 0 Å². The molecule has 0 saturated heterocycles. The van der Waals surface area contributed by atoms with Crippen molar-refractivity contribution in [3.8, 4) is 0 Å². The van der Waals surface area contributed by atoms with E-state index in [1.54, 1.807) is 0 Å². The normalized spacial score (nSPS) is 10.3. The van der Waals surface area contributed by atoms with E-state index in [1.807, 2.05) is 12.2 Å². The van der Waals surface area contributed by atoms with Crippen LogP contribution in [0.5, 0.6) is 0 Å². The third-order valence-corrected chi connectivity index (χ3v) is 1.000. The third-order valence-electron chi connectivity index (χ3n) is 1.000. The molecule has 0 saturated carbocycles. The van der Waals surface area contributed by atoms with Gasteiger partial charge >= 0.3 is 0 Å². The van der Waals surface area contributed by atoms with Crippen LogP contribution in [0.2, 0.25) is 0 Å². The number of hydrogen-bond donors (Lipinski definition) is 1. The van der Waals surface area contributed by atoms with Crippen molar-refractivity contribution in [2.24, 2.45) is 0 Å². The summed E-state index contributed by atoms with van der Waals surface area (Å²) in [5, 5.41) is 8.35. The average molecular weight is 126 g/mol. The van der Waals surface area contributed by atoms with Gasteiger partial charge in [0.05, 0.1) is 0 Å². The minimum absolute atomic E-state index is 0.255. The summed E-state index contributed by atoms with van der Waals surface area (Å²) in [6.45, 7) is 3.85. The third kappa shape index (κ3) is 7.44. The Morgan fingerprint density at radius 2 is 1.78 bits per heavy atom. The molecule has 0 aromatic heterocycles. The lowest BCUT2D eigenvalue weighted by Gasteiger charge is -1.84. The molecule has 0 atom stereocenters. The highest BCUT2D eigenvalue weighted by molar-refractivity contribution is 4.83. The van der Waals surface area contributed by atoms with E-state index >= 15 is 0 Å². The zero-order valence-corrected chi connectivity index (χ0v) is 5.71. The van der Waals surface area contributed by atoms with Crippen molar-refractivity contribution in [2.75, 3.05) is 6.61 Å². The van der Waals surface area contributed by atoms with E-state index in [-0.39, 0.29) is 6.61 Å². The first-order valence-electron chi connectivity index (χ1n) is 3.28. The maximum atomic E-state index is 8.35.